The van der Waals surface area contributed by atoms with Gasteiger partial charge in [-0.25, -0.2) is 9.38 Å². The zero-order valence-corrected chi connectivity index (χ0v) is 17.0. The molecular weight excluding hydrogens is 413 g/mol. The first-order valence-corrected chi connectivity index (χ1v) is 10.1. The number of benzene rings is 2. The summed E-state index contributed by atoms with van der Waals surface area (Å²) in [7, 11) is 1.95. The lowest BCUT2D eigenvalue weighted by Gasteiger charge is -2.06. The van der Waals surface area contributed by atoms with Gasteiger partial charge in [0, 0.05) is 34.0 Å². The summed E-state index contributed by atoms with van der Waals surface area (Å²) in [5, 5.41) is 1.17. The predicted molar refractivity (Wildman–Crippen MR) is 116 cm³/mol. The maximum Gasteiger partial charge on any atom is 0.275 e. The van der Waals surface area contributed by atoms with Crippen LogP contribution in [0.2, 0.25) is 10.0 Å². The van der Waals surface area contributed by atoms with E-state index >= 15 is 0 Å². The minimum atomic E-state index is -0.0535. The molecule has 0 saturated carbocycles. The smallest absolute Gasteiger partial charge is 0.275 e. The maximum atomic E-state index is 12.9. The SMILES string of the molecule is Cn1c(C=c2sc3nc4ccccc4n3c2=O)ccc1-c1cc(Cl)cc(Cl)c1. The summed E-state index contributed by atoms with van der Waals surface area (Å²) in [6.45, 7) is 0. The number of para-hydroxylation sites is 2. The summed E-state index contributed by atoms with van der Waals surface area (Å²) in [6.07, 6.45) is 1.89. The van der Waals surface area contributed by atoms with Crippen LogP contribution in [-0.4, -0.2) is 14.0 Å². The second-order valence-corrected chi connectivity index (χ2v) is 8.38. The fraction of sp³-hybridized carbons (Fsp3) is 0.0476. The van der Waals surface area contributed by atoms with Crippen molar-refractivity contribution < 1.29 is 0 Å². The highest BCUT2D eigenvalue weighted by Gasteiger charge is 2.12. The van der Waals surface area contributed by atoms with E-state index in [9.17, 15) is 4.79 Å². The van der Waals surface area contributed by atoms with Gasteiger partial charge in [-0.2, -0.15) is 0 Å². The van der Waals surface area contributed by atoms with Gasteiger partial charge in [-0.15, -0.1) is 0 Å². The predicted octanol–water partition coefficient (Wildman–Crippen LogP) is 4.77. The molecule has 0 aliphatic carbocycles. The number of aromatic nitrogens is 3. The zero-order chi connectivity index (χ0) is 19.4. The summed E-state index contributed by atoms with van der Waals surface area (Å²) in [5.74, 6) is 0. The topological polar surface area (TPSA) is 39.3 Å². The molecule has 3 heterocycles. The second kappa shape index (κ2) is 6.48. The van der Waals surface area contributed by atoms with Crippen molar-refractivity contribution in [1.82, 2.24) is 14.0 Å². The molecule has 0 unspecified atom stereocenters. The maximum absolute atomic E-state index is 12.9. The minimum absolute atomic E-state index is 0.0535. The van der Waals surface area contributed by atoms with E-state index in [4.69, 9.17) is 23.2 Å². The summed E-state index contributed by atoms with van der Waals surface area (Å²) >= 11 is 13.7. The van der Waals surface area contributed by atoms with Crippen molar-refractivity contribution in [1.29, 1.82) is 0 Å². The number of hydrogen-bond donors (Lipinski definition) is 0. The number of nitrogens with zero attached hydrogens (tertiary/aromatic N) is 3. The first kappa shape index (κ1) is 17.5. The fourth-order valence-electron chi connectivity index (χ4n) is 3.41. The Morgan fingerprint density at radius 3 is 2.57 bits per heavy atom. The van der Waals surface area contributed by atoms with Gasteiger partial charge >= 0.3 is 0 Å². The number of rotatable bonds is 2. The van der Waals surface area contributed by atoms with Crippen LogP contribution in [0.3, 0.4) is 0 Å². The molecule has 2 aromatic carbocycles. The van der Waals surface area contributed by atoms with Crippen molar-refractivity contribution in [3.63, 3.8) is 0 Å². The molecule has 0 aliphatic heterocycles. The molecule has 7 heteroatoms. The monoisotopic (exact) mass is 425 g/mol. The normalized spacial score (nSPS) is 12.5. The molecule has 28 heavy (non-hydrogen) atoms. The largest absolute Gasteiger partial charge is 0.344 e. The molecule has 0 radical (unpaired) electrons. The highest BCUT2D eigenvalue weighted by atomic mass is 35.5. The number of halogens is 2. The lowest BCUT2D eigenvalue weighted by molar-refractivity contribution is 0.923. The average molecular weight is 426 g/mol. The van der Waals surface area contributed by atoms with Crippen LogP contribution in [0, 0.1) is 0 Å². The molecule has 0 N–H and O–H groups in total. The van der Waals surface area contributed by atoms with E-state index in [-0.39, 0.29) is 5.56 Å². The first-order valence-electron chi connectivity index (χ1n) is 8.55. The van der Waals surface area contributed by atoms with Crippen molar-refractivity contribution >= 4 is 56.6 Å². The summed E-state index contributed by atoms with van der Waals surface area (Å²) in [4.78, 5) is 18.2. The number of hydrogen-bond acceptors (Lipinski definition) is 3. The molecule has 3 aromatic heterocycles. The van der Waals surface area contributed by atoms with Crippen LogP contribution < -0.4 is 10.1 Å². The van der Waals surface area contributed by atoms with Crippen LogP contribution in [0.5, 0.6) is 0 Å². The van der Waals surface area contributed by atoms with Crippen LogP contribution in [0.4, 0.5) is 0 Å². The Morgan fingerprint density at radius 2 is 1.79 bits per heavy atom. The highest BCUT2D eigenvalue weighted by Crippen LogP contribution is 2.28. The van der Waals surface area contributed by atoms with E-state index in [1.54, 1.807) is 10.5 Å². The number of thiazole rings is 1. The van der Waals surface area contributed by atoms with Gasteiger partial charge in [0.1, 0.15) is 0 Å². The van der Waals surface area contributed by atoms with E-state index in [1.165, 1.54) is 11.3 Å². The van der Waals surface area contributed by atoms with Crippen molar-refractivity contribution in [2.24, 2.45) is 7.05 Å². The zero-order valence-electron chi connectivity index (χ0n) is 14.7. The van der Waals surface area contributed by atoms with Crippen molar-refractivity contribution in [3.05, 3.63) is 85.2 Å². The highest BCUT2D eigenvalue weighted by molar-refractivity contribution is 7.15. The third kappa shape index (κ3) is 2.75. The molecule has 0 spiro atoms. The molecule has 0 amide bonds. The standard InChI is InChI=1S/C21H13Cl2N3OS/c1-25-15(6-7-17(25)12-8-13(22)10-14(23)9-12)11-19-20(27)26-18-5-3-2-4-16(18)24-21(26)28-19/h2-11H,1H3. The van der Waals surface area contributed by atoms with Gasteiger partial charge in [0.05, 0.1) is 15.6 Å². The van der Waals surface area contributed by atoms with Gasteiger partial charge in [0.15, 0.2) is 4.96 Å². The van der Waals surface area contributed by atoms with Crippen molar-refractivity contribution in [2.45, 2.75) is 0 Å². The summed E-state index contributed by atoms with van der Waals surface area (Å²) in [5.41, 5.74) is 4.42. The van der Waals surface area contributed by atoms with E-state index < -0.39 is 0 Å². The Labute approximate surface area is 173 Å². The Bertz CT molecular complexity index is 1460. The molecular formula is C21H13Cl2N3OS. The first-order chi connectivity index (χ1) is 13.5. The van der Waals surface area contributed by atoms with E-state index in [0.717, 1.165) is 28.0 Å². The van der Waals surface area contributed by atoms with Crippen molar-refractivity contribution in [3.8, 4) is 11.3 Å². The van der Waals surface area contributed by atoms with Gasteiger partial charge in [-0.05, 0) is 48.5 Å². The second-order valence-electron chi connectivity index (χ2n) is 6.49. The Kier molecular flexibility index (Phi) is 4.05. The third-order valence-corrected chi connectivity index (χ3v) is 6.15. The molecule has 5 aromatic rings. The molecule has 0 fully saturated rings. The number of fused-ring (bicyclic) bond motifs is 3. The third-order valence-electron chi connectivity index (χ3n) is 4.74. The summed E-state index contributed by atoms with van der Waals surface area (Å²) < 4.78 is 4.33. The quantitative estimate of drug-likeness (QED) is 0.408. The van der Waals surface area contributed by atoms with E-state index in [1.807, 2.05) is 66.2 Å². The molecule has 5 rings (SSSR count). The van der Waals surface area contributed by atoms with Gasteiger partial charge < -0.3 is 4.57 Å². The van der Waals surface area contributed by atoms with Crippen LogP contribution in [0.15, 0.2) is 59.4 Å². The molecule has 0 bridgehead atoms. The minimum Gasteiger partial charge on any atom is -0.344 e. The average Bonchev–Trinajstić information content (AvgIpc) is 3.28. The number of imidazole rings is 1. The molecule has 0 saturated heterocycles. The van der Waals surface area contributed by atoms with Crippen molar-refractivity contribution in [2.75, 3.05) is 0 Å². The molecule has 138 valence electrons. The summed E-state index contributed by atoms with van der Waals surface area (Å²) in [6, 6.07) is 17.1. The Balaban J connectivity index is 1.67. The van der Waals surface area contributed by atoms with Gasteiger partial charge in [0.2, 0.25) is 0 Å². The van der Waals surface area contributed by atoms with Gasteiger partial charge in [0.25, 0.3) is 5.56 Å². The van der Waals surface area contributed by atoms with E-state index in [0.29, 0.717) is 19.5 Å². The Morgan fingerprint density at radius 1 is 1.04 bits per heavy atom. The lowest BCUT2D eigenvalue weighted by Crippen LogP contribution is -2.23. The van der Waals surface area contributed by atoms with Crippen LogP contribution >= 0.6 is 34.5 Å². The van der Waals surface area contributed by atoms with Crippen LogP contribution in [-0.2, 0) is 7.05 Å². The Hall–Kier alpha value is -2.60. The molecule has 0 atom stereocenters. The molecule has 0 aliphatic rings. The molecule has 4 nitrogen and oxygen atoms in total. The van der Waals surface area contributed by atoms with E-state index in [2.05, 4.69) is 4.98 Å². The lowest BCUT2D eigenvalue weighted by atomic mass is 10.1. The van der Waals surface area contributed by atoms with Gasteiger partial charge in [-0.3, -0.25) is 4.79 Å². The van der Waals surface area contributed by atoms with Crippen LogP contribution in [0.25, 0.3) is 33.3 Å². The van der Waals surface area contributed by atoms with Gasteiger partial charge in [-0.1, -0.05) is 46.7 Å². The van der Waals surface area contributed by atoms with Crippen LogP contribution in [0.1, 0.15) is 5.69 Å². The fourth-order valence-corrected chi connectivity index (χ4v) is 4.91.